The Kier molecular flexibility index (Phi) is 1.68. The van der Waals surface area contributed by atoms with Crippen LogP contribution in [0, 0.1) is 0 Å². The standard InChI is InChI=1S/C12H9ClO/c13-11-7-8-5-6-14-12(8)10-4-2-1-3-9(10)11/h1-4,7H,5-6H2. The Morgan fingerprint density at radius 2 is 1.93 bits per heavy atom. The Balaban J connectivity index is 2.47. The maximum absolute atomic E-state index is 6.19. The lowest BCUT2D eigenvalue weighted by atomic mass is 10.1. The summed E-state index contributed by atoms with van der Waals surface area (Å²) in [5.41, 5.74) is 1.23. The largest absolute Gasteiger partial charge is 0.492 e. The number of rotatable bonds is 0. The Labute approximate surface area is 87.3 Å². The molecule has 0 saturated heterocycles. The summed E-state index contributed by atoms with van der Waals surface area (Å²) in [5, 5.41) is 3.03. The molecule has 14 heavy (non-hydrogen) atoms. The zero-order chi connectivity index (χ0) is 9.54. The first-order valence-corrected chi connectivity index (χ1v) is 5.07. The summed E-state index contributed by atoms with van der Waals surface area (Å²) < 4.78 is 5.61. The van der Waals surface area contributed by atoms with E-state index in [0.29, 0.717) is 0 Å². The molecule has 1 heterocycles. The van der Waals surface area contributed by atoms with Gasteiger partial charge in [-0.05, 0) is 11.6 Å². The molecule has 0 aromatic heterocycles. The molecule has 1 aliphatic rings. The second-order valence-corrected chi connectivity index (χ2v) is 3.90. The molecule has 0 saturated carbocycles. The summed E-state index contributed by atoms with van der Waals surface area (Å²) in [7, 11) is 0. The number of benzene rings is 2. The monoisotopic (exact) mass is 204 g/mol. The molecule has 0 atom stereocenters. The molecule has 1 nitrogen and oxygen atoms in total. The van der Waals surface area contributed by atoms with Gasteiger partial charge in [0.05, 0.1) is 6.61 Å². The quantitative estimate of drug-likeness (QED) is 0.639. The fraction of sp³-hybridized carbons (Fsp3) is 0.167. The van der Waals surface area contributed by atoms with Crippen molar-refractivity contribution in [2.75, 3.05) is 6.61 Å². The van der Waals surface area contributed by atoms with Crippen LogP contribution >= 0.6 is 11.6 Å². The van der Waals surface area contributed by atoms with Crippen molar-refractivity contribution in [3.05, 3.63) is 40.9 Å². The smallest absolute Gasteiger partial charge is 0.130 e. The van der Waals surface area contributed by atoms with Gasteiger partial charge in [0.15, 0.2) is 0 Å². The SMILES string of the molecule is Clc1cc2c(c3ccccc13)OCC2. The van der Waals surface area contributed by atoms with Crippen molar-refractivity contribution >= 4 is 22.4 Å². The molecular weight excluding hydrogens is 196 g/mol. The summed E-state index contributed by atoms with van der Waals surface area (Å²) in [6, 6.07) is 10.1. The third-order valence-electron chi connectivity index (χ3n) is 2.64. The van der Waals surface area contributed by atoms with Crippen molar-refractivity contribution in [1.29, 1.82) is 0 Å². The topological polar surface area (TPSA) is 9.23 Å². The molecular formula is C12H9ClO. The van der Waals surface area contributed by atoms with Crippen LogP contribution in [0.1, 0.15) is 5.56 Å². The number of hydrogen-bond donors (Lipinski definition) is 0. The first-order valence-electron chi connectivity index (χ1n) is 4.69. The summed E-state index contributed by atoms with van der Waals surface area (Å²) in [4.78, 5) is 0. The van der Waals surface area contributed by atoms with E-state index in [0.717, 1.165) is 34.6 Å². The second kappa shape index (κ2) is 2.89. The van der Waals surface area contributed by atoms with Crippen molar-refractivity contribution < 1.29 is 4.74 Å². The van der Waals surface area contributed by atoms with Gasteiger partial charge in [-0.3, -0.25) is 0 Å². The van der Waals surface area contributed by atoms with Gasteiger partial charge in [0.2, 0.25) is 0 Å². The molecule has 1 aliphatic heterocycles. The van der Waals surface area contributed by atoms with Crippen LogP contribution < -0.4 is 4.74 Å². The first-order chi connectivity index (χ1) is 6.86. The van der Waals surface area contributed by atoms with Gasteiger partial charge in [0.1, 0.15) is 5.75 Å². The maximum Gasteiger partial charge on any atom is 0.130 e. The summed E-state index contributed by atoms with van der Waals surface area (Å²) >= 11 is 6.19. The minimum Gasteiger partial charge on any atom is -0.492 e. The van der Waals surface area contributed by atoms with E-state index in [9.17, 15) is 0 Å². The molecule has 0 unspecified atom stereocenters. The van der Waals surface area contributed by atoms with Crippen LogP contribution in [0.25, 0.3) is 10.8 Å². The second-order valence-electron chi connectivity index (χ2n) is 3.49. The van der Waals surface area contributed by atoms with Crippen LogP contribution in [0.2, 0.25) is 5.02 Å². The Morgan fingerprint density at radius 1 is 1.14 bits per heavy atom. The highest BCUT2D eigenvalue weighted by molar-refractivity contribution is 6.36. The molecule has 3 rings (SSSR count). The predicted molar refractivity (Wildman–Crippen MR) is 58.2 cm³/mol. The van der Waals surface area contributed by atoms with E-state index in [1.165, 1.54) is 5.56 Å². The van der Waals surface area contributed by atoms with Gasteiger partial charge in [-0.1, -0.05) is 35.9 Å². The zero-order valence-electron chi connectivity index (χ0n) is 7.59. The number of halogens is 1. The van der Waals surface area contributed by atoms with E-state index in [2.05, 4.69) is 6.07 Å². The lowest BCUT2D eigenvalue weighted by Gasteiger charge is -2.06. The van der Waals surface area contributed by atoms with Gasteiger partial charge >= 0.3 is 0 Å². The molecule has 0 spiro atoms. The average molecular weight is 205 g/mol. The third-order valence-corrected chi connectivity index (χ3v) is 2.95. The lowest BCUT2D eigenvalue weighted by Crippen LogP contribution is -1.86. The summed E-state index contributed by atoms with van der Waals surface area (Å²) in [5.74, 6) is 1.02. The van der Waals surface area contributed by atoms with E-state index in [1.807, 2.05) is 24.3 Å². The van der Waals surface area contributed by atoms with Crippen LogP contribution in [0.5, 0.6) is 5.75 Å². The van der Waals surface area contributed by atoms with Gasteiger partial charge in [0.25, 0.3) is 0 Å². The van der Waals surface area contributed by atoms with E-state index in [1.54, 1.807) is 0 Å². The highest BCUT2D eigenvalue weighted by atomic mass is 35.5. The van der Waals surface area contributed by atoms with Crippen molar-refractivity contribution in [2.24, 2.45) is 0 Å². The van der Waals surface area contributed by atoms with Gasteiger partial charge in [-0.15, -0.1) is 0 Å². The van der Waals surface area contributed by atoms with Crippen LogP contribution in [0.15, 0.2) is 30.3 Å². The van der Waals surface area contributed by atoms with E-state index in [-0.39, 0.29) is 0 Å². The number of hydrogen-bond acceptors (Lipinski definition) is 1. The normalized spacial score (nSPS) is 14.1. The predicted octanol–water partition coefficient (Wildman–Crippen LogP) is 3.43. The molecule has 2 heteroatoms. The van der Waals surface area contributed by atoms with Crippen molar-refractivity contribution in [1.82, 2.24) is 0 Å². The van der Waals surface area contributed by atoms with Crippen LogP contribution in [-0.2, 0) is 6.42 Å². The van der Waals surface area contributed by atoms with Gasteiger partial charge in [-0.25, -0.2) is 0 Å². The molecule has 2 aromatic rings. The Morgan fingerprint density at radius 3 is 2.79 bits per heavy atom. The fourth-order valence-electron chi connectivity index (χ4n) is 1.98. The van der Waals surface area contributed by atoms with Crippen LogP contribution in [0.3, 0.4) is 0 Å². The summed E-state index contributed by atoms with van der Waals surface area (Å²) in [6.07, 6.45) is 0.972. The Bertz CT molecular complexity index is 505. The molecule has 0 aliphatic carbocycles. The van der Waals surface area contributed by atoms with Crippen LogP contribution in [0.4, 0.5) is 0 Å². The van der Waals surface area contributed by atoms with E-state index < -0.39 is 0 Å². The average Bonchev–Trinajstić information content (AvgIpc) is 2.66. The first kappa shape index (κ1) is 8.13. The number of fused-ring (bicyclic) bond motifs is 3. The maximum atomic E-state index is 6.19. The Hall–Kier alpha value is -1.21. The highest BCUT2D eigenvalue weighted by Gasteiger charge is 2.16. The molecule has 0 radical (unpaired) electrons. The van der Waals surface area contributed by atoms with Crippen molar-refractivity contribution in [3.8, 4) is 5.75 Å². The molecule has 2 aromatic carbocycles. The van der Waals surface area contributed by atoms with Gasteiger partial charge in [-0.2, -0.15) is 0 Å². The minimum atomic E-state index is 0.777. The van der Waals surface area contributed by atoms with E-state index >= 15 is 0 Å². The minimum absolute atomic E-state index is 0.777. The molecule has 0 N–H and O–H groups in total. The lowest BCUT2D eigenvalue weighted by molar-refractivity contribution is 0.360. The summed E-state index contributed by atoms with van der Waals surface area (Å²) in [6.45, 7) is 0.777. The van der Waals surface area contributed by atoms with E-state index in [4.69, 9.17) is 16.3 Å². The molecule has 0 bridgehead atoms. The molecule has 0 amide bonds. The molecule has 0 fully saturated rings. The van der Waals surface area contributed by atoms with Gasteiger partial charge < -0.3 is 4.74 Å². The zero-order valence-corrected chi connectivity index (χ0v) is 8.34. The molecule has 70 valence electrons. The van der Waals surface area contributed by atoms with Crippen LogP contribution in [-0.4, -0.2) is 6.61 Å². The number of ether oxygens (including phenoxy) is 1. The highest BCUT2D eigenvalue weighted by Crippen LogP contribution is 2.37. The van der Waals surface area contributed by atoms with Crippen molar-refractivity contribution in [2.45, 2.75) is 6.42 Å². The van der Waals surface area contributed by atoms with Gasteiger partial charge in [0, 0.05) is 22.2 Å². The third kappa shape index (κ3) is 1.02. The van der Waals surface area contributed by atoms with Crippen molar-refractivity contribution in [3.63, 3.8) is 0 Å². The fourth-order valence-corrected chi connectivity index (χ4v) is 2.27.